The molecule has 0 radical (unpaired) electrons. The molecule has 0 aliphatic rings. The molecule has 2 aromatic rings. The van der Waals surface area contributed by atoms with Gasteiger partial charge in [0.25, 0.3) is 0 Å². The predicted octanol–water partition coefficient (Wildman–Crippen LogP) is 2.47. The van der Waals surface area contributed by atoms with E-state index in [9.17, 15) is 0 Å². The monoisotopic (exact) mass is 259 g/mol. The second kappa shape index (κ2) is 5.55. The van der Waals surface area contributed by atoms with Crippen molar-refractivity contribution >= 4 is 17.2 Å². The molecule has 0 saturated heterocycles. The van der Waals surface area contributed by atoms with Crippen LogP contribution >= 0.6 is 12.2 Å². The zero-order valence-electron chi connectivity index (χ0n) is 9.96. The Labute approximate surface area is 111 Å². The van der Waals surface area contributed by atoms with Crippen LogP contribution in [0.5, 0.6) is 11.6 Å². The Balaban J connectivity index is 2.28. The molecule has 0 aliphatic heterocycles. The van der Waals surface area contributed by atoms with Gasteiger partial charge in [-0.3, -0.25) is 4.98 Å². The van der Waals surface area contributed by atoms with Crippen LogP contribution in [0, 0.1) is 0 Å². The normalized spacial score (nSPS) is 10.1. The average molecular weight is 259 g/mol. The Morgan fingerprint density at radius 2 is 2.11 bits per heavy atom. The number of hydrogen-bond donors (Lipinski definition) is 1. The van der Waals surface area contributed by atoms with Crippen LogP contribution in [0.15, 0.2) is 36.7 Å². The summed E-state index contributed by atoms with van der Waals surface area (Å²) in [6.07, 6.45) is 3.94. The van der Waals surface area contributed by atoms with E-state index in [1.807, 2.05) is 24.3 Å². The Hall–Kier alpha value is -2.01. The Bertz CT molecular complexity index is 572. The predicted molar refractivity (Wildman–Crippen MR) is 73.8 cm³/mol. The first-order valence-electron chi connectivity index (χ1n) is 5.58. The highest BCUT2D eigenvalue weighted by Gasteiger charge is 2.06. The lowest BCUT2D eigenvalue weighted by atomic mass is 10.1. The second-order valence-corrected chi connectivity index (χ2v) is 4.11. The van der Waals surface area contributed by atoms with E-state index in [2.05, 4.69) is 16.9 Å². The van der Waals surface area contributed by atoms with E-state index in [1.165, 1.54) is 12.4 Å². The minimum absolute atomic E-state index is 0.205. The number of nitrogens with two attached hydrogens (primary N) is 1. The molecular weight excluding hydrogens is 246 g/mol. The van der Waals surface area contributed by atoms with Gasteiger partial charge < -0.3 is 10.5 Å². The van der Waals surface area contributed by atoms with Gasteiger partial charge in [0.15, 0.2) is 0 Å². The summed E-state index contributed by atoms with van der Waals surface area (Å²) < 4.78 is 5.70. The van der Waals surface area contributed by atoms with Crippen molar-refractivity contribution in [1.29, 1.82) is 0 Å². The lowest BCUT2D eigenvalue weighted by molar-refractivity contribution is 0.454. The van der Waals surface area contributed by atoms with E-state index < -0.39 is 0 Å². The number of thiocarbonyl (C=S) groups is 1. The number of benzene rings is 1. The largest absolute Gasteiger partial charge is 0.437 e. The Morgan fingerprint density at radius 3 is 2.83 bits per heavy atom. The van der Waals surface area contributed by atoms with Crippen molar-refractivity contribution in [3.63, 3.8) is 0 Å². The van der Waals surface area contributed by atoms with Gasteiger partial charge in [0, 0.05) is 0 Å². The Morgan fingerprint density at radius 1 is 1.33 bits per heavy atom. The van der Waals surface area contributed by atoms with Gasteiger partial charge >= 0.3 is 0 Å². The maximum Gasteiger partial charge on any atom is 0.238 e. The quantitative estimate of drug-likeness (QED) is 0.855. The van der Waals surface area contributed by atoms with Crippen molar-refractivity contribution in [2.45, 2.75) is 13.3 Å². The number of para-hydroxylation sites is 1. The van der Waals surface area contributed by atoms with Gasteiger partial charge in [-0.05, 0) is 18.1 Å². The molecule has 92 valence electrons. The molecule has 2 N–H and O–H groups in total. The minimum atomic E-state index is 0.205. The molecule has 1 aromatic heterocycles. The fourth-order valence-corrected chi connectivity index (χ4v) is 1.62. The molecule has 1 aromatic carbocycles. The van der Waals surface area contributed by atoms with Crippen molar-refractivity contribution in [2.24, 2.45) is 5.73 Å². The first-order valence-corrected chi connectivity index (χ1v) is 5.99. The summed E-state index contributed by atoms with van der Waals surface area (Å²) in [5, 5.41) is 0. The molecule has 0 saturated carbocycles. The van der Waals surface area contributed by atoms with Gasteiger partial charge in [0.2, 0.25) is 5.88 Å². The van der Waals surface area contributed by atoms with Crippen molar-refractivity contribution in [3.05, 3.63) is 47.9 Å². The average Bonchev–Trinajstić information content (AvgIpc) is 2.39. The first kappa shape index (κ1) is 12.4. The van der Waals surface area contributed by atoms with Crippen LogP contribution in [0.2, 0.25) is 0 Å². The molecule has 0 aliphatic carbocycles. The lowest BCUT2D eigenvalue weighted by Crippen LogP contribution is -2.12. The van der Waals surface area contributed by atoms with Crippen LogP contribution < -0.4 is 10.5 Å². The van der Waals surface area contributed by atoms with Crippen LogP contribution in [0.25, 0.3) is 0 Å². The summed E-state index contributed by atoms with van der Waals surface area (Å²) in [6.45, 7) is 2.07. The second-order valence-electron chi connectivity index (χ2n) is 3.67. The number of nitrogens with zero attached hydrogens (tertiary/aromatic N) is 2. The third kappa shape index (κ3) is 2.81. The van der Waals surface area contributed by atoms with Crippen molar-refractivity contribution in [2.75, 3.05) is 0 Å². The van der Waals surface area contributed by atoms with E-state index in [0.29, 0.717) is 11.6 Å². The standard InChI is InChI=1S/C13H13N3OS/c1-2-9-5-3-4-6-11(9)17-12-8-15-7-10(16-12)13(14)18/h3-8H,2H2,1H3,(H2,14,18). The van der Waals surface area contributed by atoms with Crippen LogP contribution in [0.3, 0.4) is 0 Å². The molecule has 0 spiro atoms. The summed E-state index contributed by atoms with van der Waals surface area (Å²) in [5.74, 6) is 1.16. The lowest BCUT2D eigenvalue weighted by Gasteiger charge is -2.09. The highest BCUT2D eigenvalue weighted by atomic mass is 32.1. The van der Waals surface area contributed by atoms with Gasteiger partial charge in [-0.1, -0.05) is 37.3 Å². The molecule has 5 heteroatoms. The summed E-state index contributed by atoms with van der Waals surface area (Å²) in [4.78, 5) is 8.40. The molecule has 0 fully saturated rings. The van der Waals surface area contributed by atoms with E-state index >= 15 is 0 Å². The number of ether oxygens (including phenoxy) is 1. The van der Waals surface area contributed by atoms with E-state index in [1.54, 1.807) is 0 Å². The van der Waals surface area contributed by atoms with Crippen LogP contribution in [-0.4, -0.2) is 15.0 Å². The van der Waals surface area contributed by atoms with Gasteiger partial charge in [0.05, 0.1) is 12.4 Å². The van der Waals surface area contributed by atoms with Crippen molar-refractivity contribution in [1.82, 2.24) is 9.97 Å². The summed E-state index contributed by atoms with van der Waals surface area (Å²) >= 11 is 4.85. The van der Waals surface area contributed by atoms with Crippen LogP contribution in [-0.2, 0) is 6.42 Å². The SMILES string of the molecule is CCc1ccccc1Oc1cncc(C(N)=S)n1. The number of rotatable bonds is 4. The molecule has 18 heavy (non-hydrogen) atoms. The zero-order chi connectivity index (χ0) is 13.0. The van der Waals surface area contributed by atoms with Gasteiger partial charge in [-0.2, -0.15) is 0 Å². The van der Waals surface area contributed by atoms with E-state index in [-0.39, 0.29) is 4.99 Å². The maximum atomic E-state index is 5.70. The highest BCUT2D eigenvalue weighted by molar-refractivity contribution is 7.80. The third-order valence-corrected chi connectivity index (χ3v) is 2.64. The van der Waals surface area contributed by atoms with Gasteiger partial charge in [-0.25, -0.2) is 4.98 Å². The number of aromatic nitrogens is 2. The van der Waals surface area contributed by atoms with E-state index in [4.69, 9.17) is 22.7 Å². The first-order chi connectivity index (χ1) is 8.70. The van der Waals surface area contributed by atoms with Gasteiger partial charge in [-0.15, -0.1) is 0 Å². The Kier molecular flexibility index (Phi) is 3.84. The van der Waals surface area contributed by atoms with Crippen molar-refractivity contribution in [3.8, 4) is 11.6 Å². The fraction of sp³-hybridized carbons (Fsp3) is 0.154. The summed E-state index contributed by atoms with van der Waals surface area (Å²) in [7, 11) is 0. The summed E-state index contributed by atoms with van der Waals surface area (Å²) in [6, 6.07) is 7.80. The van der Waals surface area contributed by atoms with E-state index in [0.717, 1.165) is 17.7 Å². The highest BCUT2D eigenvalue weighted by Crippen LogP contribution is 2.23. The van der Waals surface area contributed by atoms with Crippen LogP contribution in [0.1, 0.15) is 18.2 Å². The molecule has 1 heterocycles. The molecule has 2 rings (SSSR count). The smallest absolute Gasteiger partial charge is 0.238 e. The maximum absolute atomic E-state index is 5.70. The molecular formula is C13H13N3OS. The topological polar surface area (TPSA) is 61.0 Å². The van der Waals surface area contributed by atoms with Crippen LogP contribution in [0.4, 0.5) is 0 Å². The molecule has 4 nitrogen and oxygen atoms in total. The molecule has 0 atom stereocenters. The minimum Gasteiger partial charge on any atom is -0.437 e. The zero-order valence-corrected chi connectivity index (χ0v) is 10.8. The molecule has 0 bridgehead atoms. The fourth-order valence-electron chi connectivity index (χ4n) is 1.52. The van der Waals surface area contributed by atoms with Crippen molar-refractivity contribution < 1.29 is 4.74 Å². The number of aryl methyl sites for hydroxylation is 1. The molecule has 0 unspecified atom stereocenters. The summed E-state index contributed by atoms with van der Waals surface area (Å²) in [5.41, 5.74) is 7.07. The third-order valence-electron chi connectivity index (χ3n) is 2.43. The number of hydrogen-bond acceptors (Lipinski definition) is 4. The van der Waals surface area contributed by atoms with Gasteiger partial charge in [0.1, 0.15) is 16.4 Å². The molecule has 0 amide bonds.